The molecule has 3 amide bonds. The number of primary amides is 1. The molecule has 2 aromatic rings. The molecule has 0 bridgehead atoms. The number of para-hydroxylation sites is 1. The van der Waals surface area contributed by atoms with E-state index in [9.17, 15) is 24.5 Å². The number of nitro groups is 1. The van der Waals surface area contributed by atoms with E-state index >= 15 is 0 Å². The van der Waals surface area contributed by atoms with E-state index in [4.69, 9.17) is 5.73 Å². The first-order valence-electron chi connectivity index (χ1n) is 8.91. The minimum absolute atomic E-state index is 0.0117. The van der Waals surface area contributed by atoms with Gasteiger partial charge in [0.05, 0.1) is 22.1 Å². The van der Waals surface area contributed by atoms with Gasteiger partial charge in [-0.3, -0.25) is 24.5 Å². The molecule has 0 radical (unpaired) electrons. The van der Waals surface area contributed by atoms with Gasteiger partial charge in [-0.05, 0) is 37.1 Å². The molecule has 0 spiro atoms. The van der Waals surface area contributed by atoms with Crippen LogP contribution in [0.2, 0.25) is 0 Å². The third-order valence-corrected chi connectivity index (χ3v) is 5.39. The number of carbonyl (C=O) groups excluding carboxylic acids is 3. The van der Waals surface area contributed by atoms with Gasteiger partial charge in [-0.15, -0.1) is 11.8 Å². The topological polar surface area (TPSA) is 136 Å². The Labute approximate surface area is 177 Å². The molecule has 0 unspecified atom stereocenters. The lowest BCUT2D eigenvalue weighted by molar-refractivity contribution is -0.387. The van der Waals surface area contributed by atoms with Crippen LogP contribution in [-0.2, 0) is 9.59 Å². The number of anilines is 1. The lowest BCUT2D eigenvalue weighted by Gasteiger charge is -2.18. The Morgan fingerprint density at radius 1 is 1.17 bits per heavy atom. The van der Waals surface area contributed by atoms with E-state index in [0.29, 0.717) is 5.69 Å². The number of nitro benzene ring substituents is 1. The summed E-state index contributed by atoms with van der Waals surface area (Å²) in [5.41, 5.74) is 7.40. The van der Waals surface area contributed by atoms with Gasteiger partial charge in [-0.2, -0.15) is 0 Å². The number of likely N-dealkylation sites (N-methyl/N-ethyl adjacent to an activating group) is 1. The average Bonchev–Trinajstić information content (AvgIpc) is 2.68. The third-order valence-electron chi connectivity index (χ3n) is 4.34. The molecule has 3 N–H and O–H groups in total. The zero-order valence-electron chi connectivity index (χ0n) is 16.8. The summed E-state index contributed by atoms with van der Waals surface area (Å²) in [6, 6.07) is 9.47. The van der Waals surface area contributed by atoms with Gasteiger partial charge in [-0.1, -0.05) is 18.2 Å². The summed E-state index contributed by atoms with van der Waals surface area (Å²) >= 11 is 0.951. The fourth-order valence-corrected chi connectivity index (χ4v) is 3.62. The van der Waals surface area contributed by atoms with Crippen LogP contribution in [0.4, 0.5) is 11.4 Å². The third kappa shape index (κ3) is 5.80. The zero-order chi connectivity index (χ0) is 22.4. The maximum atomic E-state index is 12.4. The van der Waals surface area contributed by atoms with Crippen molar-refractivity contribution in [2.45, 2.75) is 18.7 Å². The minimum atomic E-state index is -0.777. The summed E-state index contributed by atoms with van der Waals surface area (Å²) < 4.78 is 0. The highest BCUT2D eigenvalue weighted by atomic mass is 32.2. The van der Waals surface area contributed by atoms with Crippen molar-refractivity contribution in [1.29, 1.82) is 0 Å². The van der Waals surface area contributed by atoms with Crippen molar-refractivity contribution in [1.82, 2.24) is 4.90 Å². The lowest BCUT2D eigenvalue weighted by Crippen LogP contribution is -2.36. The first kappa shape index (κ1) is 22.9. The second-order valence-corrected chi connectivity index (χ2v) is 7.67. The Hall–Kier alpha value is -3.40. The van der Waals surface area contributed by atoms with Gasteiger partial charge in [0.15, 0.2) is 0 Å². The zero-order valence-corrected chi connectivity index (χ0v) is 17.6. The van der Waals surface area contributed by atoms with Gasteiger partial charge < -0.3 is 16.0 Å². The van der Waals surface area contributed by atoms with Gasteiger partial charge in [0, 0.05) is 24.4 Å². The van der Waals surface area contributed by atoms with Crippen molar-refractivity contribution in [3.05, 3.63) is 63.2 Å². The van der Waals surface area contributed by atoms with E-state index in [1.807, 2.05) is 32.0 Å². The summed E-state index contributed by atoms with van der Waals surface area (Å²) in [5.74, 6) is -1.60. The van der Waals surface area contributed by atoms with Crippen LogP contribution in [0.25, 0.3) is 0 Å². The Kier molecular flexibility index (Phi) is 7.54. The fourth-order valence-electron chi connectivity index (χ4n) is 2.68. The van der Waals surface area contributed by atoms with Gasteiger partial charge in [-0.25, -0.2) is 0 Å². The molecule has 0 aliphatic carbocycles. The molecule has 0 aliphatic heterocycles. The second-order valence-electron chi connectivity index (χ2n) is 6.66. The Morgan fingerprint density at radius 3 is 2.37 bits per heavy atom. The number of rotatable bonds is 8. The average molecular weight is 430 g/mol. The number of nitrogens with zero attached hydrogens (tertiary/aromatic N) is 2. The van der Waals surface area contributed by atoms with Crippen LogP contribution in [0, 0.1) is 24.0 Å². The Balaban J connectivity index is 1.99. The van der Waals surface area contributed by atoms with Crippen LogP contribution >= 0.6 is 11.8 Å². The van der Waals surface area contributed by atoms with E-state index in [1.54, 1.807) is 0 Å². The van der Waals surface area contributed by atoms with Crippen LogP contribution in [0.1, 0.15) is 21.5 Å². The molecule has 30 heavy (non-hydrogen) atoms. The summed E-state index contributed by atoms with van der Waals surface area (Å²) in [5, 5.41) is 14.0. The van der Waals surface area contributed by atoms with Crippen LogP contribution in [-0.4, -0.2) is 46.9 Å². The highest BCUT2D eigenvalue weighted by molar-refractivity contribution is 8.00. The van der Waals surface area contributed by atoms with Crippen molar-refractivity contribution in [3.63, 3.8) is 0 Å². The molecule has 158 valence electrons. The van der Waals surface area contributed by atoms with Crippen LogP contribution < -0.4 is 11.1 Å². The van der Waals surface area contributed by atoms with Crippen molar-refractivity contribution in [2.75, 3.05) is 24.7 Å². The SMILES string of the molecule is Cc1cccc(C)c1NC(=O)CN(C)C(=O)CSc1ccc(C(N)=O)cc1[N+](=O)[O-]. The number of thioether (sulfide) groups is 1. The summed E-state index contributed by atoms with van der Waals surface area (Å²) in [4.78, 5) is 48.0. The molecule has 2 rings (SSSR count). The molecule has 0 saturated heterocycles. The Bertz CT molecular complexity index is 988. The number of carbonyl (C=O) groups is 3. The first-order valence-corrected chi connectivity index (χ1v) is 9.89. The summed E-state index contributed by atoms with van der Waals surface area (Å²) in [7, 11) is 1.48. The molecule has 0 fully saturated rings. The van der Waals surface area contributed by atoms with Crippen LogP contribution in [0.15, 0.2) is 41.3 Å². The second kappa shape index (κ2) is 9.88. The van der Waals surface area contributed by atoms with Crippen molar-refractivity contribution in [3.8, 4) is 0 Å². The number of aryl methyl sites for hydroxylation is 2. The maximum absolute atomic E-state index is 12.4. The van der Waals surface area contributed by atoms with Crippen molar-refractivity contribution in [2.24, 2.45) is 5.73 Å². The minimum Gasteiger partial charge on any atom is -0.366 e. The van der Waals surface area contributed by atoms with E-state index in [0.717, 1.165) is 29.0 Å². The lowest BCUT2D eigenvalue weighted by atomic mass is 10.1. The molecule has 0 aromatic heterocycles. The number of benzene rings is 2. The quantitative estimate of drug-likeness (QED) is 0.375. The van der Waals surface area contributed by atoms with E-state index < -0.39 is 10.8 Å². The number of hydrogen-bond acceptors (Lipinski definition) is 6. The standard InChI is InChI=1S/C20H22N4O5S/c1-12-5-4-6-13(2)19(12)22-17(25)10-23(3)18(26)11-30-16-8-7-14(20(21)27)9-15(16)24(28)29/h4-9H,10-11H2,1-3H3,(H2,21,27)(H,22,25). The van der Waals surface area contributed by atoms with Gasteiger partial charge >= 0.3 is 0 Å². The molecule has 10 heteroatoms. The molecule has 9 nitrogen and oxygen atoms in total. The molecule has 2 aromatic carbocycles. The summed E-state index contributed by atoms with van der Waals surface area (Å²) in [6.45, 7) is 3.60. The van der Waals surface area contributed by atoms with E-state index in [1.165, 1.54) is 24.1 Å². The van der Waals surface area contributed by atoms with Gasteiger partial charge in [0.1, 0.15) is 0 Å². The van der Waals surface area contributed by atoms with E-state index in [-0.39, 0.29) is 40.3 Å². The van der Waals surface area contributed by atoms with Gasteiger partial charge in [0.2, 0.25) is 17.7 Å². The highest BCUT2D eigenvalue weighted by Gasteiger charge is 2.20. The number of hydrogen-bond donors (Lipinski definition) is 2. The van der Waals surface area contributed by atoms with E-state index in [2.05, 4.69) is 5.32 Å². The number of amides is 3. The maximum Gasteiger partial charge on any atom is 0.283 e. The molecular weight excluding hydrogens is 408 g/mol. The first-order chi connectivity index (χ1) is 14.1. The molecule has 0 atom stereocenters. The van der Waals surface area contributed by atoms with Crippen LogP contribution in [0.5, 0.6) is 0 Å². The monoisotopic (exact) mass is 430 g/mol. The predicted molar refractivity (Wildman–Crippen MR) is 115 cm³/mol. The predicted octanol–water partition coefficient (Wildman–Crippen LogP) is 2.50. The van der Waals surface area contributed by atoms with Crippen molar-refractivity contribution < 1.29 is 19.3 Å². The highest BCUT2D eigenvalue weighted by Crippen LogP contribution is 2.30. The molecule has 0 aliphatic rings. The normalized spacial score (nSPS) is 10.4. The molecule has 0 heterocycles. The number of nitrogens with two attached hydrogens (primary N) is 1. The number of nitrogens with one attached hydrogen (secondary N) is 1. The molecular formula is C20H22N4O5S. The summed E-state index contributed by atoms with van der Waals surface area (Å²) in [6.07, 6.45) is 0. The van der Waals surface area contributed by atoms with Crippen molar-refractivity contribution >= 4 is 40.9 Å². The fraction of sp³-hybridized carbons (Fsp3) is 0.250. The Morgan fingerprint density at radius 2 is 1.80 bits per heavy atom. The largest absolute Gasteiger partial charge is 0.366 e. The molecule has 0 saturated carbocycles. The van der Waals surface area contributed by atoms with Crippen LogP contribution in [0.3, 0.4) is 0 Å². The smallest absolute Gasteiger partial charge is 0.283 e. The van der Waals surface area contributed by atoms with Gasteiger partial charge in [0.25, 0.3) is 5.69 Å².